The van der Waals surface area contributed by atoms with Crippen molar-refractivity contribution in [3.63, 3.8) is 0 Å². The molecule has 0 radical (unpaired) electrons. The Morgan fingerprint density at radius 1 is 0.578 bits per heavy atom. The molecule has 234 valence electrons. The number of hydrogen-bond donors (Lipinski definition) is 0. The molecule has 2 saturated heterocycles. The summed E-state index contributed by atoms with van der Waals surface area (Å²) in [5.41, 5.74) is 3.79. The van der Waals surface area contributed by atoms with Gasteiger partial charge in [-0.15, -0.1) is 0 Å². The van der Waals surface area contributed by atoms with Crippen LogP contribution in [-0.4, -0.2) is 49.3 Å². The molecule has 0 aromatic heterocycles. The molecule has 1 spiro atoms. The number of fused-ring (bicyclic) bond motifs is 3. The molecule has 1 aliphatic carbocycles. The first kappa shape index (κ1) is 30.3. The number of rotatable bonds is 13. The van der Waals surface area contributed by atoms with E-state index in [4.69, 9.17) is 28.4 Å². The van der Waals surface area contributed by atoms with Crippen LogP contribution >= 0.6 is 0 Å². The number of ether oxygens (including phenoxy) is 6. The molecule has 7 rings (SSSR count). The molecule has 0 bridgehead atoms. The van der Waals surface area contributed by atoms with E-state index in [0.29, 0.717) is 33.0 Å². The van der Waals surface area contributed by atoms with Crippen molar-refractivity contribution >= 4 is 0 Å². The van der Waals surface area contributed by atoms with E-state index in [0.717, 1.165) is 41.7 Å². The van der Waals surface area contributed by atoms with E-state index in [1.165, 1.54) is 0 Å². The minimum atomic E-state index is -0.625. The normalized spacial score (nSPS) is 28.9. The molecule has 2 heterocycles. The molecule has 0 amide bonds. The van der Waals surface area contributed by atoms with Gasteiger partial charge in [0.05, 0.1) is 39.1 Å². The first-order valence-electron chi connectivity index (χ1n) is 16.2. The fourth-order valence-electron chi connectivity index (χ4n) is 7.02. The standard InChI is InChI=1S/C39H42O6/c1-5-14-29(15-6-1)24-40-28-34-35(42-25-30-16-7-2-8-17-30)36(43-26-31-18-9-3-10-19-31)38(44-27-32-20-11-4-12-21-32)39(45-34)33-22-13-23-41-37(33)39/h1-12,14-21,33-38H,13,22-28H2/t33-,34-,35-,36+,37+,38-,39-/m1/s1. The Morgan fingerprint density at radius 3 is 1.58 bits per heavy atom. The fourth-order valence-corrected chi connectivity index (χ4v) is 7.02. The second-order valence-corrected chi connectivity index (χ2v) is 12.3. The molecule has 2 aliphatic heterocycles. The molecule has 3 aliphatic rings. The highest BCUT2D eigenvalue weighted by molar-refractivity contribution is 5.26. The molecule has 3 fully saturated rings. The molecule has 6 nitrogen and oxygen atoms in total. The summed E-state index contributed by atoms with van der Waals surface area (Å²) in [4.78, 5) is 0. The Kier molecular flexibility index (Phi) is 9.68. The monoisotopic (exact) mass is 606 g/mol. The van der Waals surface area contributed by atoms with E-state index >= 15 is 0 Å². The average Bonchev–Trinajstić information content (AvgIpc) is 3.74. The average molecular weight is 607 g/mol. The Labute approximate surface area is 266 Å². The van der Waals surface area contributed by atoms with Crippen LogP contribution in [-0.2, 0) is 54.8 Å². The third kappa shape index (κ3) is 6.92. The zero-order valence-corrected chi connectivity index (χ0v) is 25.6. The van der Waals surface area contributed by atoms with Gasteiger partial charge in [-0.3, -0.25) is 0 Å². The lowest BCUT2D eigenvalue weighted by molar-refractivity contribution is -0.290. The highest BCUT2D eigenvalue weighted by Gasteiger charge is 2.77. The second-order valence-electron chi connectivity index (χ2n) is 12.3. The van der Waals surface area contributed by atoms with Gasteiger partial charge in [-0.1, -0.05) is 121 Å². The lowest BCUT2D eigenvalue weighted by atomic mass is 9.90. The van der Waals surface area contributed by atoms with Crippen LogP contribution in [0, 0.1) is 5.92 Å². The van der Waals surface area contributed by atoms with Crippen molar-refractivity contribution in [3.05, 3.63) is 144 Å². The molecule has 1 saturated carbocycles. The van der Waals surface area contributed by atoms with Gasteiger partial charge in [0.25, 0.3) is 0 Å². The predicted molar refractivity (Wildman–Crippen MR) is 171 cm³/mol. The minimum Gasteiger partial charge on any atom is -0.375 e. The zero-order valence-electron chi connectivity index (χ0n) is 25.6. The lowest BCUT2D eigenvalue weighted by Gasteiger charge is -2.47. The van der Waals surface area contributed by atoms with Gasteiger partial charge in [0.1, 0.15) is 30.0 Å². The highest BCUT2D eigenvalue weighted by atomic mass is 16.7. The van der Waals surface area contributed by atoms with Crippen molar-refractivity contribution in [1.29, 1.82) is 0 Å². The van der Waals surface area contributed by atoms with Gasteiger partial charge in [-0.2, -0.15) is 0 Å². The molecule has 7 atom stereocenters. The van der Waals surface area contributed by atoms with Crippen molar-refractivity contribution in [3.8, 4) is 0 Å². The van der Waals surface area contributed by atoms with E-state index in [2.05, 4.69) is 48.5 Å². The SMILES string of the molecule is c1ccc(COC[C@H]2O[C@@]3([C@@H]4CCCO[C@@H]43)[C@H](OCc3ccccc3)[C@@H](OCc3ccccc3)[C@@H]2OCc2ccccc2)cc1. The first-order chi connectivity index (χ1) is 22.3. The van der Waals surface area contributed by atoms with Gasteiger partial charge < -0.3 is 28.4 Å². The van der Waals surface area contributed by atoms with E-state index in [1.54, 1.807) is 0 Å². The summed E-state index contributed by atoms with van der Waals surface area (Å²) in [5.74, 6) is 0.238. The van der Waals surface area contributed by atoms with Crippen LogP contribution in [0.15, 0.2) is 121 Å². The van der Waals surface area contributed by atoms with Gasteiger partial charge >= 0.3 is 0 Å². The Bertz CT molecular complexity index is 1440. The largest absolute Gasteiger partial charge is 0.375 e. The van der Waals surface area contributed by atoms with Crippen LogP contribution in [0.4, 0.5) is 0 Å². The molecule has 4 aromatic rings. The van der Waals surface area contributed by atoms with Crippen molar-refractivity contribution in [2.75, 3.05) is 13.2 Å². The third-order valence-electron chi connectivity index (χ3n) is 9.26. The Morgan fingerprint density at radius 2 is 1.07 bits per heavy atom. The first-order valence-corrected chi connectivity index (χ1v) is 16.2. The van der Waals surface area contributed by atoms with Gasteiger partial charge in [0.2, 0.25) is 0 Å². The molecule has 0 N–H and O–H groups in total. The summed E-state index contributed by atoms with van der Waals surface area (Å²) >= 11 is 0. The minimum absolute atomic E-state index is 0.0402. The zero-order chi connectivity index (χ0) is 30.3. The third-order valence-corrected chi connectivity index (χ3v) is 9.26. The van der Waals surface area contributed by atoms with Crippen molar-refractivity contribution in [1.82, 2.24) is 0 Å². The number of hydrogen-bond acceptors (Lipinski definition) is 6. The maximum atomic E-state index is 7.17. The fraction of sp³-hybridized carbons (Fsp3) is 0.385. The summed E-state index contributed by atoms with van der Waals surface area (Å²) < 4.78 is 40.5. The van der Waals surface area contributed by atoms with Crippen molar-refractivity contribution in [2.45, 2.75) is 75.4 Å². The maximum Gasteiger partial charge on any atom is 0.129 e. The second kappa shape index (κ2) is 14.4. The topological polar surface area (TPSA) is 55.4 Å². The van der Waals surface area contributed by atoms with E-state index in [9.17, 15) is 0 Å². The molecule has 0 unspecified atom stereocenters. The van der Waals surface area contributed by atoms with Crippen molar-refractivity contribution < 1.29 is 28.4 Å². The lowest BCUT2D eigenvalue weighted by Crippen LogP contribution is -2.64. The summed E-state index contributed by atoms with van der Waals surface area (Å²) in [7, 11) is 0. The van der Waals surface area contributed by atoms with Crippen LogP contribution in [0.25, 0.3) is 0 Å². The quantitative estimate of drug-likeness (QED) is 0.165. The van der Waals surface area contributed by atoms with E-state index < -0.39 is 17.8 Å². The molecular formula is C39H42O6. The van der Waals surface area contributed by atoms with Crippen LogP contribution in [0.2, 0.25) is 0 Å². The smallest absolute Gasteiger partial charge is 0.129 e. The van der Waals surface area contributed by atoms with Gasteiger partial charge in [0.15, 0.2) is 0 Å². The van der Waals surface area contributed by atoms with Crippen LogP contribution in [0.1, 0.15) is 35.1 Å². The molecular weight excluding hydrogens is 564 g/mol. The summed E-state index contributed by atoms with van der Waals surface area (Å²) in [6, 6.07) is 41.1. The highest BCUT2D eigenvalue weighted by Crippen LogP contribution is 2.61. The van der Waals surface area contributed by atoms with Crippen LogP contribution in [0.5, 0.6) is 0 Å². The van der Waals surface area contributed by atoms with Crippen molar-refractivity contribution in [2.24, 2.45) is 5.92 Å². The van der Waals surface area contributed by atoms with Gasteiger partial charge in [0, 0.05) is 12.5 Å². The molecule has 45 heavy (non-hydrogen) atoms. The predicted octanol–water partition coefficient (Wildman–Crippen LogP) is 6.91. The van der Waals surface area contributed by atoms with E-state index in [1.807, 2.05) is 72.8 Å². The maximum absolute atomic E-state index is 7.17. The number of benzene rings is 4. The summed E-state index contributed by atoms with van der Waals surface area (Å²) in [6.07, 6.45) is 0.404. The summed E-state index contributed by atoms with van der Waals surface area (Å²) in [5, 5.41) is 0. The van der Waals surface area contributed by atoms with E-state index in [-0.39, 0.29) is 24.2 Å². The van der Waals surface area contributed by atoms with Gasteiger partial charge in [-0.25, -0.2) is 0 Å². The molecule has 6 heteroatoms. The Balaban J connectivity index is 1.21. The Hall–Kier alpha value is -3.36. The van der Waals surface area contributed by atoms with Crippen LogP contribution < -0.4 is 0 Å². The summed E-state index contributed by atoms with van der Waals surface area (Å²) in [6.45, 7) is 2.90. The van der Waals surface area contributed by atoms with Crippen LogP contribution in [0.3, 0.4) is 0 Å². The molecule has 4 aromatic carbocycles. The van der Waals surface area contributed by atoms with Gasteiger partial charge in [-0.05, 0) is 35.1 Å².